The Morgan fingerprint density at radius 3 is 2.47 bits per heavy atom. The van der Waals surface area contributed by atoms with E-state index in [1.54, 1.807) is 24.3 Å². The van der Waals surface area contributed by atoms with E-state index in [9.17, 15) is 9.59 Å². The minimum Gasteiger partial charge on any atom is -0.465 e. The molecule has 0 N–H and O–H groups in total. The van der Waals surface area contributed by atoms with Crippen molar-refractivity contribution in [3.63, 3.8) is 0 Å². The predicted octanol–water partition coefficient (Wildman–Crippen LogP) is 1.91. The molecule has 1 aromatic carbocycles. The number of rotatable bonds is 3. The van der Waals surface area contributed by atoms with Crippen molar-refractivity contribution in [2.24, 2.45) is 0 Å². The van der Waals surface area contributed by atoms with Gasteiger partial charge < -0.3 is 13.9 Å². The van der Waals surface area contributed by atoms with Crippen LogP contribution < -0.4 is 0 Å². The van der Waals surface area contributed by atoms with Crippen molar-refractivity contribution in [1.29, 1.82) is 0 Å². The topological polar surface area (TPSA) is 78.6 Å². The van der Waals surface area contributed by atoms with E-state index in [0.29, 0.717) is 5.56 Å². The molecular formula is C13H11NO5. The number of oxazole rings is 1. The summed E-state index contributed by atoms with van der Waals surface area (Å²) in [6, 6.07) is 6.61. The lowest BCUT2D eigenvalue weighted by Crippen LogP contribution is -2.06. The highest BCUT2D eigenvalue weighted by Crippen LogP contribution is 2.27. The van der Waals surface area contributed by atoms with Crippen molar-refractivity contribution < 1.29 is 23.5 Å². The van der Waals surface area contributed by atoms with Crippen LogP contribution in [0.1, 0.15) is 20.8 Å². The second-order valence-electron chi connectivity index (χ2n) is 3.56. The van der Waals surface area contributed by atoms with E-state index in [2.05, 4.69) is 14.5 Å². The van der Waals surface area contributed by atoms with Gasteiger partial charge in [0.15, 0.2) is 17.8 Å². The zero-order valence-corrected chi connectivity index (χ0v) is 10.4. The number of ether oxygens (including phenoxy) is 2. The zero-order valence-electron chi connectivity index (χ0n) is 10.4. The monoisotopic (exact) mass is 261 g/mol. The minimum absolute atomic E-state index is 0.0128. The highest BCUT2D eigenvalue weighted by atomic mass is 16.5. The third kappa shape index (κ3) is 2.33. The summed E-state index contributed by atoms with van der Waals surface area (Å²) in [5, 5.41) is 0. The van der Waals surface area contributed by atoms with E-state index in [4.69, 9.17) is 4.42 Å². The molecule has 2 aromatic rings. The molecule has 0 saturated carbocycles. The van der Waals surface area contributed by atoms with Crippen molar-refractivity contribution in [2.75, 3.05) is 14.2 Å². The first-order valence-electron chi connectivity index (χ1n) is 5.38. The molecule has 6 heteroatoms. The molecule has 0 aliphatic rings. The second-order valence-corrected chi connectivity index (χ2v) is 3.56. The van der Waals surface area contributed by atoms with Gasteiger partial charge in [-0.1, -0.05) is 18.2 Å². The summed E-state index contributed by atoms with van der Waals surface area (Å²) in [4.78, 5) is 27.0. The van der Waals surface area contributed by atoms with Gasteiger partial charge in [-0.25, -0.2) is 14.6 Å². The van der Waals surface area contributed by atoms with Gasteiger partial charge in [0.05, 0.1) is 19.8 Å². The van der Waals surface area contributed by atoms with Crippen LogP contribution in [0.3, 0.4) is 0 Å². The number of hydrogen-bond acceptors (Lipinski definition) is 6. The van der Waals surface area contributed by atoms with E-state index in [1.807, 2.05) is 0 Å². The number of carbonyl (C=O) groups excluding carboxylic acids is 2. The molecule has 1 aromatic heterocycles. The quantitative estimate of drug-likeness (QED) is 0.785. The van der Waals surface area contributed by atoms with Crippen molar-refractivity contribution in [3.05, 3.63) is 41.9 Å². The number of hydrogen-bond donors (Lipinski definition) is 0. The van der Waals surface area contributed by atoms with Gasteiger partial charge >= 0.3 is 11.9 Å². The molecule has 0 aliphatic heterocycles. The van der Waals surface area contributed by atoms with Gasteiger partial charge in [-0.3, -0.25) is 0 Å². The number of aromatic nitrogens is 1. The standard InChI is InChI=1S/C13H11NO5/c1-17-12(15)9-6-4-3-5-8(9)11-10(13(16)18-2)14-7-19-11/h3-7H,1-2H3. The lowest BCUT2D eigenvalue weighted by molar-refractivity contribution is 0.0586. The summed E-state index contributed by atoms with van der Waals surface area (Å²) in [5.74, 6) is -0.987. The summed E-state index contributed by atoms with van der Waals surface area (Å²) < 4.78 is 14.5. The largest absolute Gasteiger partial charge is 0.465 e. The Bertz CT molecular complexity index is 617. The first-order chi connectivity index (χ1) is 9.19. The summed E-state index contributed by atoms with van der Waals surface area (Å²) in [7, 11) is 2.52. The van der Waals surface area contributed by atoms with Crippen molar-refractivity contribution >= 4 is 11.9 Å². The third-order valence-corrected chi connectivity index (χ3v) is 2.52. The van der Waals surface area contributed by atoms with Gasteiger partial charge in [-0.2, -0.15) is 0 Å². The Morgan fingerprint density at radius 1 is 1.11 bits per heavy atom. The smallest absolute Gasteiger partial charge is 0.360 e. The maximum atomic E-state index is 11.7. The molecule has 0 spiro atoms. The predicted molar refractivity (Wildman–Crippen MR) is 64.6 cm³/mol. The van der Waals surface area contributed by atoms with E-state index in [-0.39, 0.29) is 17.0 Å². The molecular weight excluding hydrogens is 250 g/mol. The number of methoxy groups -OCH3 is 2. The van der Waals surface area contributed by atoms with Crippen LogP contribution in [0, 0.1) is 0 Å². The molecule has 0 unspecified atom stereocenters. The van der Waals surface area contributed by atoms with E-state index < -0.39 is 11.9 Å². The normalized spacial score (nSPS) is 10.0. The van der Waals surface area contributed by atoms with Crippen LogP contribution in [0.5, 0.6) is 0 Å². The van der Waals surface area contributed by atoms with Crippen LogP contribution in [0.15, 0.2) is 35.1 Å². The maximum Gasteiger partial charge on any atom is 0.360 e. The SMILES string of the molecule is COC(=O)c1ccccc1-c1ocnc1C(=O)OC. The average molecular weight is 261 g/mol. The molecule has 2 rings (SSSR count). The summed E-state index contributed by atoms with van der Waals surface area (Å²) in [5.41, 5.74) is 0.720. The Labute approximate surface area is 109 Å². The molecule has 0 radical (unpaired) electrons. The Balaban J connectivity index is 2.57. The average Bonchev–Trinajstić information content (AvgIpc) is 2.94. The van der Waals surface area contributed by atoms with Crippen LogP contribution in [0.25, 0.3) is 11.3 Å². The summed E-state index contributed by atoms with van der Waals surface area (Å²) in [6.45, 7) is 0. The molecule has 98 valence electrons. The van der Waals surface area contributed by atoms with Gasteiger partial charge in [0.25, 0.3) is 0 Å². The minimum atomic E-state index is -0.636. The molecule has 0 atom stereocenters. The highest BCUT2D eigenvalue weighted by molar-refractivity contribution is 6.00. The van der Waals surface area contributed by atoms with Gasteiger partial charge in [-0.15, -0.1) is 0 Å². The number of carbonyl (C=O) groups is 2. The third-order valence-electron chi connectivity index (χ3n) is 2.52. The maximum absolute atomic E-state index is 11.7. The molecule has 19 heavy (non-hydrogen) atoms. The molecule has 0 saturated heterocycles. The summed E-state index contributed by atoms with van der Waals surface area (Å²) in [6.07, 6.45) is 1.12. The second kappa shape index (κ2) is 5.34. The first-order valence-corrected chi connectivity index (χ1v) is 5.38. The Kier molecular flexibility index (Phi) is 3.61. The first kappa shape index (κ1) is 12.8. The van der Waals surface area contributed by atoms with E-state index in [0.717, 1.165) is 6.39 Å². The van der Waals surface area contributed by atoms with Gasteiger partial charge in [0.1, 0.15) is 0 Å². The fourth-order valence-corrected chi connectivity index (χ4v) is 1.65. The molecule has 0 aliphatic carbocycles. The number of nitrogens with zero attached hydrogens (tertiary/aromatic N) is 1. The van der Waals surface area contributed by atoms with Crippen LogP contribution in [0.4, 0.5) is 0 Å². The van der Waals surface area contributed by atoms with Crippen LogP contribution >= 0.6 is 0 Å². The lowest BCUT2D eigenvalue weighted by Gasteiger charge is -2.05. The molecule has 1 heterocycles. The van der Waals surface area contributed by atoms with E-state index >= 15 is 0 Å². The molecule has 6 nitrogen and oxygen atoms in total. The number of esters is 2. The molecule has 0 amide bonds. The van der Waals surface area contributed by atoms with Gasteiger partial charge in [-0.05, 0) is 6.07 Å². The van der Waals surface area contributed by atoms with Gasteiger partial charge in [0, 0.05) is 5.56 Å². The lowest BCUT2D eigenvalue weighted by atomic mass is 10.0. The Hall–Kier alpha value is -2.63. The fraction of sp³-hybridized carbons (Fsp3) is 0.154. The molecule has 0 fully saturated rings. The van der Waals surface area contributed by atoms with E-state index in [1.165, 1.54) is 14.2 Å². The number of benzene rings is 1. The molecule has 0 bridgehead atoms. The van der Waals surface area contributed by atoms with Crippen molar-refractivity contribution in [2.45, 2.75) is 0 Å². The van der Waals surface area contributed by atoms with Gasteiger partial charge in [0.2, 0.25) is 0 Å². The Morgan fingerprint density at radius 2 is 1.79 bits per heavy atom. The van der Waals surface area contributed by atoms with Crippen LogP contribution in [-0.4, -0.2) is 31.1 Å². The van der Waals surface area contributed by atoms with Crippen molar-refractivity contribution in [1.82, 2.24) is 4.98 Å². The highest BCUT2D eigenvalue weighted by Gasteiger charge is 2.23. The van der Waals surface area contributed by atoms with Crippen LogP contribution in [0.2, 0.25) is 0 Å². The van der Waals surface area contributed by atoms with Crippen LogP contribution in [-0.2, 0) is 9.47 Å². The zero-order chi connectivity index (χ0) is 13.8. The summed E-state index contributed by atoms with van der Waals surface area (Å²) >= 11 is 0. The van der Waals surface area contributed by atoms with Crippen molar-refractivity contribution in [3.8, 4) is 11.3 Å². The fourth-order valence-electron chi connectivity index (χ4n) is 1.65.